The van der Waals surface area contributed by atoms with Gasteiger partial charge in [0.2, 0.25) is 0 Å². The zero-order valence-electron chi connectivity index (χ0n) is 12.2. The van der Waals surface area contributed by atoms with Crippen molar-refractivity contribution >= 4 is 0 Å². The molecule has 0 rings (SSSR count). The summed E-state index contributed by atoms with van der Waals surface area (Å²) in [6.07, 6.45) is 0. The van der Waals surface area contributed by atoms with Crippen LogP contribution in [0.2, 0.25) is 0 Å². The van der Waals surface area contributed by atoms with Crippen LogP contribution in [0.5, 0.6) is 0 Å². The van der Waals surface area contributed by atoms with Crippen molar-refractivity contribution < 1.29 is 32.4 Å². The second-order valence-electron chi connectivity index (χ2n) is 6.51. The van der Waals surface area contributed by atoms with E-state index in [0.717, 1.165) is 0 Å². The monoisotopic (exact) mass is 278 g/mol. The molecule has 0 radical (unpaired) electrons. The van der Waals surface area contributed by atoms with Crippen LogP contribution < -0.4 is 0 Å². The van der Waals surface area contributed by atoms with E-state index >= 15 is 0 Å². The summed E-state index contributed by atoms with van der Waals surface area (Å²) in [5, 5.41) is 25.6. The first-order valence-corrected chi connectivity index (χ1v) is 5.17. The summed E-state index contributed by atoms with van der Waals surface area (Å²) in [7, 11) is 0. The van der Waals surface area contributed by atoms with Crippen molar-refractivity contribution in [1.29, 1.82) is 0 Å². The Morgan fingerprint density at radius 2 is 0.438 bits per heavy atom. The van der Waals surface area contributed by atoms with E-state index in [4.69, 9.17) is 15.3 Å². The van der Waals surface area contributed by atoms with Crippen LogP contribution in [0.3, 0.4) is 0 Å². The zero-order valence-corrected chi connectivity index (χ0v) is 13.3. The predicted octanol–water partition coefficient (Wildman–Crippen LogP) is 2.33. The molecular formula is C12H30FeO3. The van der Waals surface area contributed by atoms with Crippen molar-refractivity contribution in [1.82, 2.24) is 0 Å². The van der Waals surface area contributed by atoms with Gasteiger partial charge < -0.3 is 15.3 Å². The van der Waals surface area contributed by atoms with Crippen LogP contribution in [0.1, 0.15) is 62.3 Å². The van der Waals surface area contributed by atoms with Gasteiger partial charge in [-0.25, -0.2) is 0 Å². The minimum Gasteiger partial charge on any atom is -0.391 e. The number of hydrogen-bond acceptors (Lipinski definition) is 3. The molecule has 0 aliphatic rings. The van der Waals surface area contributed by atoms with Gasteiger partial charge in [-0.15, -0.1) is 0 Å². The fraction of sp³-hybridized carbons (Fsp3) is 1.00. The van der Waals surface area contributed by atoms with E-state index < -0.39 is 16.8 Å². The van der Waals surface area contributed by atoms with Crippen molar-refractivity contribution in [2.45, 2.75) is 79.1 Å². The van der Waals surface area contributed by atoms with Crippen molar-refractivity contribution in [2.75, 3.05) is 0 Å². The molecule has 0 aromatic heterocycles. The Hall–Kier alpha value is 0.399. The van der Waals surface area contributed by atoms with Gasteiger partial charge in [-0.3, -0.25) is 0 Å². The third-order valence-corrected chi connectivity index (χ3v) is 0. The van der Waals surface area contributed by atoms with Crippen LogP contribution in [0.25, 0.3) is 0 Å². The Bertz CT molecular complexity index is 91.3. The summed E-state index contributed by atoms with van der Waals surface area (Å²) in [6, 6.07) is 0. The molecule has 0 aromatic rings. The fourth-order valence-electron chi connectivity index (χ4n) is 0. The standard InChI is InChI=1S/3C4H10O.Fe/c3*1-4(2,3)5;/h3*5H,1-3H3;. The van der Waals surface area contributed by atoms with Crippen molar-refractivity contribution in [3.8, 4) is 0 Å². The van der Waals surface area contributed by atoms with Gasteiger partial charge in [0.15, 0.2) is 0 Å². The Kier molecular flexibility index (Phi) is 14.9. The summed E-state index contributed by atoms with van der Waals surface area (Å²) in [5.41, 5.74) is -1.50. The van der Waals surface area contributed by atoms with Crippen LogP contribution in [0.4, 0.5) is 0 Å². The maximum atomic E-state index is 8.52. The second kappa shape index (κ2) is 9.43. The van der Waals surface area contributed by atoms with Gasteiger partial charge in [-0.1, -0.05) is 0 Å². The zero-order chi connectivity index (χ0) is 13.5. The molecule has 3 nitrogen and oxygen atoms in total. The van der Waals surface area contributed by atoms with E-state index in [1.165, 1.54) is 0 Å². The largest absolute Gasteiger partial charge is 0.391 e. The van der Waals surface area contributed by atoms with E-state index in [1.54, 1.807) is 62.3 Å². The molecule has 0 unspecified atom stereocenters. The van der Waals surface area contributed by atoms with Gasteiger partial charge >= 0.3 is 0 Å². The summed E-state index contributed by atoms with van der Waals surface area (Å²) >= 11 is 0. The van der Waals surface area contributed by atoms with Crippen molar-refractivity contribution in [2.24, 2.45) is 0 Å². The van der Waals surface area contributed by atoms with Gasteiger partial charge in [-0.2, -0.15) is 0 Å². The Balaban J connectivity index is -0.0000000655. The fourth-order valence-corrected chi connectivity index (χ4v) is 0. The average Bonchev–Trinajstić information content (AvgIpc) is 1.41. The van der Waals surface area contributed by atoms with E-state index in [1.807, 2.05) is 0 Å². The Morgan fingerprint density at radius 1 is 0.438 bits per heavy atom. The van der Waals surface area contributed by atoms with E-state index in [-0.39, 0.29) is 17.1 Å². The molecule has 0 amide bonds. The summed E-state index contributed by atoms with van der Waals surface area (Å²) in [6.45, 7) is 15.7. The molecular weight excluding hydrogens is 248 g/mol. The third-order valence-electron chi connectivity index (χ3n) is 0. The van der Waals surface area contributed by atoms with Crippen LogP contribution in [0.15, 0.2) is 0 Å². The number of rotatable bonds is 0. The topological polar surface area (TPSA) is 60.7 Å². The molecule has 4 heteroatoms. The molecule has 0 saturated heterocycles. The molecule has 0 aliphatic carbocycles. The molecule has 104 valence electrons. The van der Waals surface area contributed by atoms with E-state index in [9.17, 15) is 0 Å². The van der Waals surface area contributed by atoms with Crippen LogP contribution in [-0.2, 0) is 17.1 Å². The first kappa shape index (κ1) is 25.3. The average molecular weight is 278 g/mol. The van der Waals surface area contributed by atoms with Gasteiger partial charge in [0, 0.05) is 17.1 Å². The van der Waals surface area contributed by atoms with Gasteiger partial charge in [0.1, 0.15) is 0 Å². The van der Waals surface area contributed by atoms with Gasteiger partial charge in [-0.05, 0) is 62.3 Å². The van der Waals surface area contributed by atoms with Crippen LogP contribution >= 0.6 is 0 Å². The maximum Gasteiger partial charge on any atom is 0.0563 e. The minimum atomic E-state index is -0.500. The molecule has 0 aliphatic heterocycles. The molecule has 3 N–H and O–H groups in total. The van der Waals surface area contributed by atoms with E-state index in [2.05, 4.69) is 0 Å². The van der Waals surface area contributed by atoms with Crippen molar-refractivity contribution in [3.05, 3.63) is 0 Å². The minimum absolute atomic E-state index is 0. The second-order valence-corrected chi connectivity index (χ2v) is 6.51. The quantitative estimate of drug-likeness (QED) is 0.596. The van der Waals surface area contributed by atoms with Gasteiger partial charge in [0.05, 0.1) is 16.8 Å². The molecule has 0 spiro atoms. The molecule has 0 fully saturated rings. The summed E-state index contributed by atoms with van der Waals surface area (Å²) in [5.74, 6) is 0. The molecule has 0 saturated carbocycles. The van der Waals surface area contributed by atoms with Gasteiger partial charge in [0.25, 0.3) is 0 Å². The smallest absolute Gasteiger partial charge is 0.0563 e. The SMILES string of the molecule is CC(C)(C)O.CC(C)(C)O.CC(C)(C)O.[Fe]. The van der Waals surface area contributed by atoms with Crippen LogP contribution in [0, 0.1) is 0 Å². The molecule has 0 atom stereocenters. The number of hydrogen-bond donors (Lipinski definition) is 3. The summed E-state index contributed by atoms with van der Waals surface area (Å²) < 4.78 is 0. The predicted molar refractivity (Wildman–Crippen MR) is 65.9 cm³/mol. The van der Waals surface area contributed by atoms with E-state index in [0.29, 0.717) is 0 Å². The summed E-state index contributed by atoms with van der Waals surface area (Å²) in [4.78, 5) is 0. The Labute approximate surface area is 112 Å². The number of aliphatic hydroxyl groups is 3. The van der Waals surface area contributed by atoms with Crippen LogP contribution in [-0.4, -0.2) is 32.1 Å². The molecule has 0 bridgehead atoms. The third kappa shape index (κ3) is 16200. The first-order chi connectivity index (χ1) is 6.00. The first-order valence-electron chi connectivity index (χ1n) is 5.17. The molecule has 0 aromatic carbocycles. The maximum absolute atomic E-state index is 8.52. The molecule has 16 heavy (non-hydrogen) atoms. The Morgan fingerprint density at radius 3 is 0.438 bits per heavy atom. The normalized spacial score (nSPS) is 11.2. The molecule has 0 heterocycles. The van der Waals surface area contributed by atoms with Crippen molar-refractivity contribution in [3.63, 3.8) is 0 Å².